The van der Waals surface area contributed by atoms with Gasteiger partial charge in [0.15, 0.2) is 0 Å². The maximum atomic E-state index is 11.8. The topological polar surface area (TPSA) is 81.8 Å². The van der Waals surface area contributed by atoms with Crippen LogP contribution < -0.4 is 15.5 Å². The zero-order valence-corrected chi connectivity index (χ0v) is 24.1. The van der Waals surface area contributed by atoms with Crippen LogP contribution in [-0.2, 0) is 4.79 Å². The number of nitrogens with zero attached hydrogens (tertiary/aromatic N) is 6. The molecule has 5 heterocycles. The van der Waals surface area contributed by atoms with Gasteiger partial charge in [-0.25, -0.2) is 4.98 Å². The standard InChI is InChI=1S/C30H41N7OS/c1-34(2)24-9-6-13-35(19-24)17-21-10-14-36(15-11-21)28-26-25(22-7-4-3-5-8-22)20-39-29(26)33-30(32-28)37-16-12-23(18-37)27(31)38/h3-5,7-8,20-21,23-24H,6,9-19H2,1-2H3,(H2,31,38). The molecule has 2 N–H and O–H groups in total. The number of amides is 1. The Balaban J connectivity index is 1.25. The lowest BCUT2D eigenvalue weighted by Gasteiger charge is -2.40. The quantitative estimate of drug-likeness (QED) is 0.480. The molecule has 0 aliphatic carbocycles. The average Bonchev–Trinajstić information content (AvgIpc) is 3.62. The molecule has 0 saturated carbocycles. The minimum Gasteiger partial charge on any atom is -0.369 e. The molecule has 2 unspecified atom stereocenters. The van der Waals surface area contributed by atoms with Crippen LogP contribution in [0.5, 0.6) is 0 Å². The molecule has 3 fully saturated rings. The zero-order chi connectivity index (χ0) is 26.9. The van der Waals surface area contributed by atoms with Gasteiger partial charge in [-0.3, -0.25) is 4.79 Å². The first-order chi connectivity index (χ1) is 19.0. The van der Waals surface area contributed by atoms with Gasteiger partial charge in [0, 0.05) is 56.3 Å². The molecular weight excluding hydrogens is 506 g/mol. The van der Waals surface area contributed by atoms with Crippen LogP contribution in [-0.4, -0.2) is 91.6 Å². The van der Waals surface area contributed by atoms with Gasteiger partial charge in [0.2, 0.25) is 11.9 Å². The summed E-state index contributed by atoms with van der Waals surface area (Å²) in [5.74, 6) is 2.14. The number of thiophene rings is 1. The fourth-order valence-corrected chi connectivity index (χ4v) is 7.53. The molecule has 3 saturated heterocycles. The summed E-state index contributed by atoms with van der Waals surface area (Å²) in [5, 5.41) is 3.38. The molecule has 0 bridgehead atoms. The van der Waals surface area contributed by atoms with Crippen LogP contribution in [0.25, 0.3) is 21.3 Å². The van der Waals surface area contributed by atoms with Gasteiger partial charge in [0.1, 0.15) is 10.6 Å². The van der Waals surface area contributed by atoms with E-state index < -0.39 is 0 Å². The van der Waals surface area contributed by atoms with Crippen molar-refractivity contribution >= 4 is 39.2 Å². The third-order valence-corrected chi connectivity index (χ3v) is 9.87. The fraction of sp³-hybridized carbons (Fsp3) is 0.567. The number of carbonyl (C=O) groups is 1. The van der Waals surface area contributed by atoms with Crippen LogP contribution in [0.15, 0.2) is 35.7 Å². The lowest BCUT2D eigenvalue weighted by atomic mass is 9.94. The molecule has 3 aliphatic rings. The number of anilines is 2. The Hall–Kier alpha value is -2.75. The Morgan fingerprint density at radius 3 is 2.49 bits per heavy atom. The number of benzene rings is 1. The third kappa shape index (κ3) is 5.62. The maximum absolute atomic E-state index is 11.8. The number of rotatable bonds is 7. The summed E-state index contributed by atoms with van der Waals surface area (Å²) < 4.78 is 0. The van der Waals surface area contributed by atoms with E-state index in [0.29, 0.717) is 12.6 Å². The van der Waals surface area contributed by atoms with Crippen molar-refractivity contribution in [3.8, 4) is 11.1 Å². The van der Waals surface area contributed by atoms with Crippen LogP contribution in [0.2, 0.25) is 0 Å². The molecule has 3 aromatic rings. The highest BCUT2D eigenvalue weighted by Gasteiger charge is 2.31. The molecule has 0 spiro atoms. The van der Waals surface area contributed by atoms with Crippen LogP contribution >= 0.6 is 11.3 Å². The number of hydrogen-bond donors (Lipinski definition) is 1. The van der Waals surface area contributed by atoms with E-state index >= 15 is 0 Å². The lowest BCUT2D eigenvalue weighted by Crippen LogP contribution is -2.47. The summed E-state index contributed by atoms with van der Waals surface area (Å²) >= 11 is 1.69. The van der Waals surface area contributed by atoms with Gasteiger partial charge >= 0.3 is 0 Å². The van der Waals surface area contributed by atoms with Gasteiger partial charge in [-0.15, -0.1) is 11.3 Å². The highest BCUT2D eigenvalue weighted by atomic mass is 32.1. The number of likely N-dealkylation sites (N-methyl/N-ethyl adjacent to an activating group) is 1. The highest BCUT2D eigenvalue weighted by Crippen LogP contribution is 2.41. The monoisotopic (exact) mass is 547 g/mol. The molecule has 1 amide bonds. The number of primary amides is 1. The lowest BCUT2D eigenvalue weighted by molar-refractivity contribution is -0.121. The highest BCUT2D eigenvalue weighted by molar-refractivity contribution is 7.17. The third-order valence-electron chi connectivity index (χ3n) is 9.00. The molecule has 2 aromatic heterocycles. The number of carbonyl (C=O) groups excluding carboxylic acids is 1. The van der Waals surface area contributed by atoms with E-state index in [1.807, 2.05) is 0 Å². The summed E-state index contributed by atoms with van der Waals surface area (Å²) in [6.07, 6.45) is 5.75. The molecule has 39 heavy (non-hydrogen) atoms. The second-order valence-electron chi connectivity index (χ2n) is 11.8. The molecule has 2 atom stereocenters. The van der Waals surface area contributed by atoms with Crippen molar-refractivity contribution in [3.63, 3.8) is 0 Å². The molecule has 6 rings (SSSR count). The molecule has 0 radical (unpaired) electrons. The van der Waals surface area contributed by atoms with Crippen molar-refractivity contribution in [1.29, 1.82) is 0 Å². The van der Waals surface area contributed by atoms with Crippen LogP contribution in [0, 0.1) is 11.8 Å². The Morgan fingerprint density at radius 2 is 1.77 bits per heavy atom. The Kier molecular flexibility index (Phi) is 7.73. The van der Waals surface area contributed by atoms with Crippen LogP contribution in [0.4, 0.5) is 11.8 Å². The van der Waals surface area contributed by atoms with Gasteiger partial charge < -0.3 is 25.3 Å². The Labute approximate surface area is 235 Å². The summed E-state index contributed by atoms with van der Waals surface area (Å²) in [5.41, 5.74) is 8.03. The van der Waals surface area contributed by atoms with E-state index in [2.05, 4.69) is 69.4 Å². The normalized spacial score (nSPS) is 23.3. The largest absolute Gasteiger partial charge is 0.369 e. The summed E-state index contributed by atoms with van der Waals surface area (Å²) in [4.78, 5) is 32.8. The number of piperidine rings is 2. The number of aromatic nitrogens is 2. The predicted octanol–water partition coefficient (Wildman–Crippen LogP) is 3.91. The predicted molar refractivity (Wildman–Crippen MR) is 160 cm³/mol. The first-order valence-electron chi connectivity index (χ1n) is 14.5. The number of likely N-dealkylation sites (tertiary alicyclic amines) is 1. The van der Waals surface area contributed by atoms with Crippen molar-refractivity contribution in [3.05, 3.63) is 35.7 Å². The number of hydrogen-bond acceptors (Lipinski definition) is 8. The van der Waals surface area contributed by atoms with Gasteiger partial charge in [0.05, 0.1) is 11.3 Å². The smallest absolute Gasteiger partial charge is 0.228 e. The van der Waals surface area contributed by atoms with E-state index in [1.165, 1.54) is 56.4 Å². The van der Waals surface area contributed by atoms with Crippen molar-refractivity contribution < 1.29 is 4.79 Å². The van der Waals surface area contributed by atoms with Crippen LogP contribution in [0.3, 0.4) is 0 Å². The molecule has 208 valence electrons. The fourth-order valence-electron chi connectivity index (χ4n) is 6.60. The number of fused-ring (bicyclic) bond motifs is 1. The average molecular weight is 548 g/mol. The van der Waals surface area contributed by atoms with Gasteiger partial charge in [-0.1, -0.05) is 30.3 Å². The molecular formula is C30H41N7OS. The molecule has 9 heteroatoms. The molecule has 8 nitrogen and oxygen atoms in total. The van der Waals surface area contributed by atoms with E-state index in [-0.39, 0.29) is 11.8 Å². The first kappa shape index (κ1) is 26.5. The van der Waals surface area contributed by atoms with Gasteiger partial charge in [-0.2, -0.15) is 4.98 Å². The van der Waals surface area contributed by atoms with E-state index in [4.69, 9.17) is 15.7 Å². The van der Waals surface area contributed by atoms with E-state index in [0.717, 1.165) is 54.0 Å². The van der Waals surface area contributed by atoms with Gasteiger partial charge in [-0.05, 0) is 64.2 Å². The maximum Gasteiger partial charge on any atom is 0.228 e. The Morgan fingerprint density at radius 1 is 1.00 bits per heavy atom. The number of nitrogens with two attached hydrogens (primary N) is 1. The Bertz CT molecular complexity index is 1290. The van der Waals surface area contributed by atoms with Crippen LogP contribution in [0.1, 0.15) is 32.1 Å². The molecule has 3 aliphatic heterocycles. The summed E-state index contributed by atoms with van der Waals surface area (Å²) in [6.45, 7) is 7.02. The zero-order valence-electron chi connectivity index (χ0n) is 23.3. The second-order valence-corrected chi connectivity index (χ2v) is 12.7. The molecule has 1 aromatic carbocycles. The van der Waals surface area contributed by atoms with Crippen molar-refractivity contribution in [2.75, 3.05) is 69.7 Å². The van der Waals surface area contributed by atoms with Crippen molar-refractivity contribution in [2.24, 2.45) is 17.6 Å². The minimum atomic E-state index is -0.228. The first-order valence-corrected chi connectivity index (χ1v) is 15.4. The van der Waals surface area contributed by atoms with E-state index in [1.54, 1.807) is 11.3 Å². The van der Waals surface area contributed by atoms with Crippen molar-refractivity contribution in [2.45, 2.75) is 38.1 Å². The SMILES string of the molecule is CN(C)C1CCCN(CC2CCN(c3nc(N4CCC(C(N)=O)C4)nc4scc(-c5ccccc5)c34)CC2)C1. The van der Waals surface area contributed by atoms with Crippen molar-refractivity contribution in [1.82, 2.24) is 19.8 Å². The second kappa shape index (κ2) is 11.4. The summed E-state index contributed by atoms with van der Waals surface area (Å²) in [7, 11) is 4.43. The van der Waals surface area contributed by atoms with Gasteiger partial charge in [0.25, 0.3) is 0 Å². The van der Waals surface area contributed by atoms with E-state index in [9.17, 15) is 4.79 Å². The minimum absolute atomic E-state index is 0.131. The summed E-state index contributed by atoms with van der Waals surface area (Å²) in [6, 6.07) is 11.3.